The quantitative estimate of drug-likeness (QED) is 0.685. The van der Waals surface area contributed by atoms with Crippen molar-refractivity contribution in [2.45, 2.75) is 25.6 Å². The monoisotopic (exact) mass is 302 g/mol. The Hall–Kier alpha value is -2.31. The van der Waals surface area contributed by atoms with Crippen LogP contribution in [-0.4, -0.2) is 17.0 Å². The molecule has 1 aromatic rings. The average molecular weight is 302 g/mol. The molecule has 7 heteroatoms. The minimum atomic E-state index is -4.44. The van der Waals surface area contributed by atoms with Gasteiger partial charge in [-0.3, -0.25) is 0 Å². The lowest BCUT2D eigenvalue weighted by Gasteiger charge is -2.25. The summed E-state index contributed by atoms with van der Waals surface area (Å²) in [4.78, 5) is 21.7. The third kappa shape index (κ3) is 4.94. The molecule has 0 bridgehead atoms. The van der Waals surface area contributed by atoms with Gasteiger partial charge in [0, 0.05) is 12.2 Å². The zero-order valence-electron chi connectivity index (χ0n) is 11.3. The van der Waals surface area contributed by atoms with Crippen LogP contribution < -0.4 is 0 Å². The van der Waals surface area contributed by atoms with Crippen molar-refractivity contribution in [3.63, 3.8) is 0 Å². The van der Waals surface area contributed by atoms with Crippen molar-refractivity contribution in [3.05, 3.63) is 47.5 Å². The highest BCUT2D eigenvalue weighted by Crippen LogP contribution is 2.32. The van der Waals surface area contributed by atoms with Crippen LogP contribution in [0.15, 0.2) is 36.4 Å². The fourth-order valence-electron chi connectivity index (χ4n) is 1.54. The van der Waals surface area contributed by atoms with E-state index in [4.69, 9.17) is 9.84 Å². The fourth-order valence-corrected chi connectivity index (χ4v) is 1.54. The van der Waals surface area contributed by atoms with Gasteiger partial charge >= 0.3 is 18.1 Å². The summed E-state index contributed by atoms with van der Waals surface area (Å²) in [6, 6.07) is 4.18. The Morgan fingerprint density at radius 1 is 1.05 bits per heavy atom. The Kier molecular flexibility index (Phi) is 4.77. The number of carboxylic acid groups (broad SMARTS) is 1. The normalized spacial score (nSPS) is 12.4. The van der Waals surface area contributed by atoms with E-state index in [9.17, 15) is 22.8 Å². The lowest BCUT2D eigenvalue weighted by atomic mass is 9.97. The molecule has 4 nitrogen and oxygen atoms in total. The number of alkyl halides is 3. The van der Waals surface area contributed by atoms with Crippen molar-refractivity contribution >= 4 is 11.9 Å². The van der Waals surface area contributed by atoms with Crippen LogP contribution in [0.2, 0.25) is 0 Å². The first-order chi connectivity index (χ1) is 9.52. The van der Waals surface area contributed by atoms with Crippen LogP contribution in [0, 0.1) is 0 Å². The van der Waals surface area contributed by atoms with Gasteiger partial charge in [-0.15, -0.1) is 0 Å². The molecule has 0 spiro atoms. The molecule has 0 saturated carbocycles. The molecule has 114 valence electrons. The molecular weight excluding hydrogens is 289 g/mol. The number of hydrogen-bond acceptors (Lipinski definition) is 3. The van der Waals surface area contributed by atoms with Gasteiger partial charge in [0.2, 0.25) is 0 Å². The smallest absolute Gasteiger partial charge is 0.416 e. The minimum Gasteiger partial charge on any atom is -0.478 e. The summed E-state index contributed by atoms with van der Waals surface area (Å²) in [5.41, 5.74) is -1.64. The highest BCUT2D eigenvalue weighted by Gasteiger charge is 2.31. The SMILES string of the molecule is CC(C)(OC(=O)/C=C/C(=O)O)c1ccc(C(F)(F)F)cc1. The van der Waals surface area contributed by atoms with Gasteiger partial charge in [-0.05, 0) is 31.5 Å². The molecule has 0 aliphatic carbocycles. The molecule has 0 fully saturated rings. The van der Waals surface area contributed by atoms with Crippen LogP contribution in [0.1, 0.15) is 25.0 Å². The summed E-state index contributed by atoms with van der Waals surface area (Å²) in [6.45, 7) is 2.98. The molecular formula is C14H13F3O4. The number of esters is 1. The van der Waals surface area contributed by atoms with E-state index in [1.54, 1.807) is 0 Å². The van der Waals surface area contributed by atoms with Gasteiger partial charge in [-0.1, -0.05) is 12.1 Å². The molecule has 1 aromatic carbocycles. The van der Waals surface area contributed by atoms with E-state index in [0.717, 1.165) is 18.2 Å². The van der Waals surface area contributed by atoms with Crippen LogP contribution in [0.4, 0.5) is 13.2 Å². The van der Waals surface area contributed by atoms with Crippen LogP contribution in [0.5, 0.6) is 0 Å². The third-order valence-electron chi connectivity index (χ3n) is 2.63. The van der Waals surface area contributed by atoms with E-state index in [0.29, 0.717) is 11.6 Å². The van der Waals surface area contributed by atoms with Crippen molar-refractivity contribution in [2.24, 2.45) is 0 Å². The second kappa shape index (κ2) is 5.99. The molecule has 0 unspecified atom stereocenters. The first kappa shape index (κ1) is 16.7. The summed E-state index contributed by atoms with van der Waals surface area (Å²) < 4.78 is 42.4. The Morgan fingerprint density at radius 3 is 1.95 bits per heavy atom. The van der Waals surface area contributed by atoms with E-state index in [1.807, 2.05) is 0 Å². The topological polar surface area (TPSA) is 63.6 Å². The standard InChI is InChI=1S/C14H13F3O4/c1-13(2,21-12(20)8-7-11(18)19)9-3-5-10(6-4-9)14(15,16)17/h3-8H,1-2H3,(H,18,19)/b8-7+. The lowest BCUT2D eigenvalue weighted by Crippen LogP contribution is -2.25. The van der Waals surface area contributed by atoms with E-state index in [1.165, 1.54) is 26.0 Å². The van der Waals surface area contributed by atoms with E-state index in [-0.39, 0.29) is 0 Å². The zero-order chi connectivity index (χ0) is 16.3. The molecule has 0 radical (unpaired) electrons. The van der Waals surface area contributed by atoms with Gasteiger partial charge in [0.05, 0.1) is 5.56 Å². The Morgan fingerprint density at radius 2 is 1.52 bits per heavy atom. The van der Waals surface area contributed by atoms with Gasteiger partial charge in [-0.2, -0.15) is 13.2 Å². The maximum Gasteiger partial charge on any atom is 0.416 e. The van der Waals surface area contributed by atoms with Gasteiger partial charge in [0.25, 0.3) is 0 Å². The Balaban J connectivity index is 2.88. The number of rotatable bonds is 4. The van der Waals surface area contributed by atoms with E-state index >= 15 is 0 Å². The number of hydrogen-bond donors (Lipinski definition) is 1. The molecule has 0 amide bonds. The van der Waals surface area contributed by atoms with E-state index in [2.05, 4.69) is 0 Å². The molecule has 1 N–H and O–H groups in total. The number of carbonyl (C=O) groups is 2. The number of halogens is 3. The number of aliphatic carboxylic acids is 1. The summed E-state index contributed by atoms with van der Waals surface area (Å²) >= 11 is 0. The summed E-state index contributed by atoms with van der Waals surface area (Å²) in [6.07, 6.45) is -3.09. The van der Waals surface area contributed by atoms with Crippen LogP contribution in [0.3, 0.4) is 0 Å². The second-order valence-corrected chi connectivity index (χ2v) is 4.68. The maximum atomic E-state index is 12.5. The molecule has 21 heavy (non-hydrogen) atoms. The van der Waals surface area contributed by atoms with Crippen LogP contribution in [-0.2, 0) is 26.1 Å². The Labute approximate surface area is 118 Å². The maximum absolute atomic E-state index is 12.5. The van der Waals surface area contributed by atoms with Crippen LogP contribution in [0.25, 0.3) is 0 Å². The number of carbonyl (C=O) groups excluding carboxylic acids is 1. The highest BCUT2D eigenvalue weighted by atomic mass is 19.4. The highest BCUT2D eigenvalue weighted by molar-refractivity contribution is 5.90. The predicted octanol–water partition coefficient (Wildman–Crippen LogP) is 3.12. The molecule has 0 aliphatic heterocycles. The third-order valence-corrected chi connectivity index (χ3v) is 2.63. The number of ether oxygens (including phenoxy) is 1. The molecule has 0 atom stereocenters. The van der Waals surface area contributed by atoms with Crippen molar-refractivity contribution in [1.29, 1.82) is 0 Å². The summed E-state index contributed by atoms with van der Waals surface area (Å²) in [7, 11) is 0. The first-order valence-corrected chi connectivity index (χ1v) is 5.84. The van der Waals surface area contributed by atoms with E-state index < -0.39 is 29.3 Å². The molecule has 0 aromatic heterocycles. The fraction of sp³-hybridized carbons (Fsp3) is 0.286. The summed E-state index contributed by atoms with van der Waals surface area (Å²) in [5, 5.41) is 8.38. The molecule has 0 saturated heterocycles. The van der Waals surface area contributed by atoms with Crippen LogP contribution >= 0.6 is 0 Å². The van der Waals surface area contributed by atoms with Crippen molar-refractivity contribution < 1.29 is 32.6 Å². The van der Waals surface area contributed by atoms with Crippen molar-refractivity contribution in [2.75, 3.05) is 0 Å². The molecule has 1 rings (SSSR count). The summed E-state index contributed by atoms with van der Waals surface area (Å²) in [5.74, 6) is -2.21. The number of benzene rings is 1. The van der Waals surface area contributed by atoms with Gasteiger partial charge in [-0.25, -0.2) is 9.59 Å². The zero-order valence-corrected chi connectivity index (χ0v) is 11.3. The number of carboxylic acids is 1. The lowest BCUT2D eigenvalue weighted by molar-refractivity contribution is -0.151. The second-order valence-electron chi connectivity index (χ2n) is 4.68. The van der Waals surface area contributed by atoms with Gasteiger partial charge < -0.3 is 9.84 Å². The molecule has 0 heterocycles. The molecule has 0 aliphatic rings. The Bertz CT molecular complexity index is 557. The average Bonchev–Trinajstić information content (AvgIpc) is 2.35. The van der Waals surface area contributed by atoms with Gasteiger partial charge in [0.15, 0.2) is 0 Å². The van der Waals surface area contributed by atoms with Crippen molar-refractivity contribution in [1.82, 2.24) is 0 Å². The van der Waals surface area contributed by atoms with Crippen molar-refractivity contribution in [3.8, 4) is 0 Å². The predicted molar refractivity (Wildman–Crippen MR) is 67.3 cm³/mol. The van der Waals surface area contributed by atoms with Gasteiger partial charge in [0.1, 0.15) is 5.60 Å². The first-order valence-electron chi connectivity index (χ1n) is 5.84. The largest absolute Gasteiger partial charge is 0.478 e. The minimum absolute atomic E-state index is 0.354.